The lowest BCUT2D eigenvalue weighted by atomic mass is 10.1. The summed E-state index contributed by atoms with van der Waals surface area (Å²) in [7, 11) is 0. The number of imidazole rings is 1. The fourth-order valence-electron chi connectivity index (χ4n) is 1.40. The summed E-state index contributed by atoms with van der Waals surface area (Å²) in [6, 6.07) is 7.76. The fraction of sp³-hybridized carbons (Fsp3) is 0. The van der Waals surface area contributed by atoms with Crippen molar-refractivity contribution in [1.82, 2.24) is 15.4 Å². The first-order chi connectivity index (χ1) is 8.27. The van der Waals surface area contributed by atoms with E-state index in [2.05, 4.69) is 32.7 Å². The van der Waals surface area contributed by atoms with E-state index < -0.39 is 0 Å². The summed E-state index contributed by atoms with van der Waals surface area (Å²) in [5.74, 6) is 0.794. The van der Waals surface area contributed by atoms with Gasteiger partial charge in [0.1, 0.15) is 5.82 Å². The van der Waals surface area contributed by atoms with Gasteiger partial charge in [-0.1, -0.05) is 24.3 Å². The summed E-state index contributed by atoms with van der Waals surface area (Å²) >= 11 is 4.66. The maximum absolute atomic E-state index is 5.28. The van der Waals surface area contributed by atoms with Crippen LogP contribution in [0.2, 0.25) is 0 Å². The first kappa shape index (κ1) is 11.3. The molecule has 0 bridgehead atoms. The molecule has 0 aliphatic rings. The van der Waals surface area contributed by atoms with Crippen molar-refractivity contribution >= 4 is 23.5 Å². The summed E-state index contributed by atoms with van der Waals surface area (Å²) in [4.78, 5) is 7.25. The van der Waals surface area contributed by atoms with Crippen molar-refractivity contribution in [3.05, 3.63) is 42.2 Å². The summed E-state index contributed by atoms with van der Waals surface area (Å²) < 4.78 is 0. The lowest BCUT2D eigenvalue weighted by Crippen LogP contribution is -2.24. The second kappa shape index (κ2) is 5.22. The number of nitrogens with zero attached hydrogens (tertiary/aromatic N) is 2. The van der Waals surface area contributed by atoms with Crippen LogP contribution in [-0.4, -0.2) is 21.3 Å². The highest BCUT2D eigenvalue weighted by Gasteiger charge is 2.03. The van der Waals surface area contributed by atoms with Crippen LogP contribution in [0.4, 0.5) is 0 Å². The van der Waals surface area contributed by atoms with Gasteiger partial charge in [0.05, 0.1) is 6.21 Å². The normalized spacial score (nSPS) is 10.6. The Morgan fingerprint density at radius 1 is 1.47 bits per heavy atom. The van der Waals surface area contributed by atoms with Crippen molar-refractivity contribution < 1.29 is 0 Å². The first-order valence-corrected chi connectivity index (χ1v) is 5.35. The van der Waals surface area contributed by atoms with Gasteiger partial charge in [-0.2, -0.15) is 5.10 Å². The van der Waals surface area contributed by atoms with E-state index in [1.165, 1.54) is 0 Å². The number of aromatic amines is 1. The minimum atomic E-state index is 0.136. The lowest BCUT2D eigenvalue weighted by Gasteiger charge is -2.02. The average Bonchev–Trinajstić information content (AvgIpc) is 2.82. The van der Waals surface area contributed by atoms with E-state index in [1.54, 1.807) is 18.6 Å². The van der Waals surface area contributed by atoms with Crippen LogP contribution < -0.4 is 11.2 Å². The van der Waals surface area contributed by atoms with Gasteiger partial charge in [0.2, 0.25) is 0 Å². The number of hydrazone groups is 1. The number of hydrogen-bond donors (Lipinski definition) is 3. The standard InChI is InChI=1S/C11H11N5S/c12-11(17)16-15-7-8-3-1-2-4-9(8)10-13-5-6-14-10/h1-7H,(H,13,14)(H3,12,16,17). The maximum Gasteiger partial charge on any atom is 0.184 e. The van der Waals surface area contributed by atoms with Crippen LogP contribution in [0.5, 0.6) is 0 Å². The number of aromatic nitrogens is 2. The Morgan fingerprint density at radius 2 is 2.29 bits per heavy atom. The van der Waals surface area contributed by atoms with Gasteiger partial charge >= 0.3 is 0 Å². The largest absolute Gasteiger partial charge is 0.375 e. The smallest absolute Gasteiger partial charge is 0.184 e. The monoisotopic (exact) mass is 245 g/mol. The fourth-order valence-corrected chi connectivity index (χ4v) is 1.46. The second-order valence-electron chi connectivity index (χ2n) is 3.26. The molecule has 5 nitrogen and oxygen atoms in total. The zero-order chi connectivity index (χ0) is 12.1. The first-order valence-electron chi connectivity index (χ1n) is 4.94. The predicted molar refractivity (Wildman–Crippen MR) is 71.5 cm³/mol. The third-order valence-corrected chi connectivity index (χ3v) is 2.18. The average molecular weight is 245 g/mol. The van der Waals surface area contributed by atoms with Crippen molar-refractivity contribution in [2.45, 2.75) is 0 Å². The Bertz CT molecular complexity index is 533. The minimum Gasteiger partial charge on any atom is -0.375 e. The number of nitrogens with two attached hydrogens (primary N) is 1. The molecule has 0 radical (unpaired) electrons. The molecule has 0 spiro atoms. The molecule has 1 heterocycles. The van der Waals surface area contributed by atoms with Gasteiger partial charge in [0.25, 0.3) is 0 Å². The van der Waals surface area contributed by atoms with Gasteiger partial charge < -0.3 is 10.7 Å². The molecule has 0 fully saturated rings. The molecule has 0 aliphatic heterocycles. The number of nitrogens with one attached hydrogen (secondary N) is 2. The van der Waals surface area contributed by atoms with Crippen LogP contribution in [0.3, 0.4) is 0 Å². The molecule has 6 heteroatoms. The Balaban J connectivity index is 2.28. The number of benzene rings is 1. The summed E-state index contributed by atoms with van der Waals surface area (Å²) in [5, 5.41) is 4.06. The predicted octanol–water partition coefficient (Wildman–Crippen LogP) is 1.24. The van der Waals surface area contributed by atoms with Crippen molar-refractivity contribution in [3.63, 3.8) is 0 Å². The van der Waals surface area contributed by atoms with Crippen LogP contribution in [0, 0.1) is 0 Å². The van der Waals surface area contributed by atoms with E-state index in [-0.39, 0.29) is 5.11 Å². The summed E-state index contributed by atoms with van der Waals surface area (Å²) in [6.45, 7) is 0. The molecular formula is C11H11N5S. The molecule has 0 saturated heterocycles. The van der Waals surface area contributed by atoms with Crippen LogP contribution in [0.1, 0.15) is 5.56 Å². The Hall–Kier alpha value is -2.21. The van der Waals surface area contributed by atoms with Gasteiger partial charge in [-0.15, -0.1) is 0 Å². The van der Waals surface area contributed by atoms with Gasteiger partial charge in [-0.25, -0.2) is 4.98 Å². The van der Waals surface area contributed by atoms with Crippen LogP contribution in [0.25, 0.3) is 11.4 Å². The molecule has 2 rings (SSSR count). The van der Waals surface area contributed by atoms with Crippen molar-refractivity contribution in [2.75, 3.05) is 0 Å². The third-order valence-electron chi connectivity index (χ3n) is 2.09. The van der Waals surface area contributed by atoms with E-state index >= 15 is 0 Å². The highest BCUT2D eigenvalue weighted by atomic mass is 32.1. The molecule has 86 valence electrons. The highest BCUT2D eigenvalue weighted by Crippen LogP contribution is 2.17. The number of hydrogen-bond acceptors (Lipinski definition) is 3. The molecule has 17 heavy (non-hydrogen) atoms. The number of H-pyrrole nitrogens is 1. The SMILES string of the molecule is NC(=S)NN=Cc1ccccc1-c1ncc[nH]1. The molecular weight excluding hydrogens is 234 g/mol. The Labute approximate surface area is 104 Å². The topological polar surface area (TPSA) is 79.1 Å². The number of thiocarbonyl (C=S) groups is 1. The van der Waals surface area contributed by atoms with E-state index in [4.69, 9.17) is 5.73 Å². The highest BCUT2D eigenvalue weighted by molar-refractivity contribution is 7.80. The molecule has 0 aliphatic carbocycles. The Morgan fingerprint density at radius 3 is 3.00 bits per heavy atom. The molecule has 1 aromatic carbocycles. The molecule has 0 saturated carbocycles. The zero-order valence-corrected chi connectivity index (χ0v) is 9.74. The third kappa shape index (κ3) is 2.88. The van der Waals surface area contributed by atoms with Crippen LogP contribution >= 0.6 is 12.2 Å². The van der Waals surface area contributed by atoms with Crippen molar-refractivity contribution in [2.24, 2.45) is 10.8 Å². The van der Waals surface area contributed by atoms with Crippen molar-refractivity contribution in [3.8, 4) is 11.4 Å². The van der Waals surface area contributed by atoms with Crippen LogP contribution in [-0.2, 0) is 0 Å². The maximum atomic E-state index is 5.28. The quantitative estimate of drug-likeness (QED) is 0.432. The second-order valence-corrected chi connectivity index (χ2v) is 3.70. The summed E-state index contributed by atoms with van der Waals surface area (Å²) in [5.41, 5.74) is 9.68. The van der Waals surface area contributed by atoms with Gasteiger partial charge in [0, 0.05) is 23.5 Å². The summed E-state index contributed by atoms with van der Waals surface area (Å²) in [6.07, 6.45) is 5.13. The minimum absolute atomic E-state index is 0.136. The molecule has 4 N–H and O–H groups in total. The zero-order valence-electron chi connectivity index (χ0n) is 8.92. The molecule has 2 aromatic rings. The van der Waals surface area contributed by atoms with Crippen LogP contribution in [0.15, 0.2) is 41.8 Å². The van der Waals surface area contributed by atoms with Gasteiger partial charge in [-0.05, 0) is 12.2 Å². The van der Waals surface area contributed by atoms with E-state index in [0.29, 0.717) is 0 Å². The lowest BCUT2D eigenvalue weighted by molar-refractivity contribution is 1.04. The van der Waals surface area contributed by atoms with E-state index in [9.17, 15) is 0 Å². The molecule has 0 unspecified atom stereocenters. The van der Waals surface area contributed by atoms with E-state index in [1.807, 2.05) is 24.3 Å². The molecule has 1 aromatic heterocycles. The molecule has 0 amide bonds. The van der Waals surface area contributed by atoms with Gasteiger partial charge in [-0.3, -0.25) is 5.43 Å². The van der Waals surface area contributed by atoms with E-state index in [0.717, 1.165) is 17.0 Å². The molecule has 0 atom stereocenters. The van der Waals surface area contributed by atoms with Gasteiger partial charge in [0.15, 0.2) is 5.11 Å². The number of rotatable bonds is 3. The Kier molecular flexibility index (Phi) is 3.46. The van der Waals surface area contributed by atoms with Crippen molar-refractivity contribution in [1.29, 1.82) is 0 Å².